The first-order chi connectivity index (χ1) is 11.7. The molecule has 3 rings (SSSR count). The van der Waals surface area contributed by atoms with E-state index in [1.54, 1.807) is 6.07 Å². The van der Waals surface area contributed by atoms with Gasteiger partial charge in [0.1, 0.15) is 5.82 Å². The van der Waals surface area contributed by atoms with E-state index in [0.29, 0.717) is 12.5 Å². The number of rotatable bonds is 4. The molecule has 0 saturated carbocycles. The van der Waals surface area contributed by atoms with Gasteiger partial charge in [0.15, 0.2) is 5.96 Å². The van der Waals surface area contributed by atoms with Crippen LogP contribution in [0.5, 0.6) is 0 Å². The molecule has 2 heterocycles. The summed E-state index contributed by atoms with van der Waals surface area (Å²) in [6, 6.07) is 6.62. The Kier molecular flexibility index (Phi) is 7.22. The summed E-state index contributed by atoms with van der Waals surface area (Å²) in [5, 5.41) is 7.62. The topological polar surface area (TPSA) is 45.5 Å². The average molecular weight is 457 g/mol. The largest absolute Gasteiger partial charge is 0.357 e. The number of guanidine groups is 1. The third-order valence-electron chi connectivity index (χ3n) is 4.32. The Morgan fingerprint density at radius 1 is 1.44 bits per heavy atom. The standard InChI is InChI=1S/C18H24FN5.HI/c1-3-20-18(21-10-14-5-4-6-17(19)9-14)24-8-7-15(13-24)16-11-22-23(2)12-16;/h4-6,9,11-12,15H,3,7-8,10,13H2,1-2H3,(H,20,21);1H. The minimum Gasteiger partial charge on any atom is -0.357 e. The highest BCUT2D eigenvalue weighted by Crippen LogP contribution is 2.26. The van der Waals surface area contributed by atoms with E-state index in [2.05, 4.69) is 33.4 Å². The van der Waals surface area contributed by atoms with Gasteiger partial charge in [-0.15, -0.1) is 24.0 Å². The summed E-state index contributed by atoms with van der Waals surface area (Å²) >= 11 is 0. The van der Waals surface area contributed by atoms with Crippen LogP contribution < -0.4 is 5.32 Å². The van der Waals surface area contributed by atoms with E-state index in [9.17, 15) is 4.39 Å². The average Bonchev–Trinajstić information content (AvgIpc) is 3.20. The summed E-state index contributed by atoms with van der Waals surface area (Å²) < 4.78 is 15.1. The molecular weight excluding hydrogens is 432 g/mol. The van der Waals surface area contributed by atoms with Crippen LogP contribution in [0, 0.1) is 5.82 Å². The lowest BCUT2D eigenvalue weighted by Crippen LogP contribution is -2.40. The van der Waals surface area contributed by atoms with E-state index in [1.807, 2.05) is 24.0 Å². The van der Waals surface area contributed by atoms with E-state index in [-0.39, 0.29) is 29.8 Å². The highest BCUT2D eigenvalue weighted by atomic mass is 127. The molecule has 1 aliphatic rings. The Morgan fingerprint density at radius 2 is 2.28 bits per heavy atom. The Morgan fingerprint density at radius 3 is 2.96 bits per heavy atom. The molecule has 1 atom stereocenters. The summed E-state index contributed by atoms with van der Waals surface area (Å²) in [5.74, 6) is 1.16. The van der Waals surface area contributed by atoms with Crippen molar-refractivity contribution in [2.45, 2.75) is 25.8 Å². The molecule has 5 nitrogen and oxygen atoms in total. The second-order valence-corrected chi connectivity index (χ2v) is 6.18. The van der Waals surface area contributed by atoms with Gasteiger partial charge in [0.25, 0.3) is 0 Å². The molecule has 1 aliphatic heterocycles. The second kappa shape index (κ2) is 9.17. The molecule has 1 aromatic carbocycles. The predicted octanol–water partition coefficient (Wildman–Crippen LogP) is 3.13. The molecule has 7 heteroatoms. The maximum atomic E-state index is 13.3. The van der Waals surface area contributed by atoms with Crippen LogP contribution in [-0.4, -0.2) is 40.3 Å². The zero-order valence-corrected chi connectivity index (χ0v) is 17.0. The number of aryl methyl sites for hydroxylation is 1. The van der Waals surface area contributed by atoms with E-state index in [0.717, 1.165) is 37.6 Å². The molecule has 0 aliphatic carbocycles. The fraction of sp³-hybridized carbons (Fsp3) is 0.444. The summed E-state index contributed by atoms with van der Waals surface area (Å²) in [6.45, 7) is 5.26. The maximum absolute atomic E-state index is 13.3. The van der Waals surface area contributed by atoms with E-state index in [1.165, 1.54) is 17.7 Å². The molecule has 0 spiro atoms. The number of hydrogen-bond donors (Lipinski definition) is 1. The molecule has 1 aromatic heterocycles. The van der Waals surface area contributed by atoms with Gasteiger partial charge in [-0.05, 0) is 36.6 Å². The van der Waals surface area contributed by atoms with Crippen molar-refractivity contribution in [2.24, 2.45) is 12.0 Å². The van der Waals surface area contributed by atoms with E-state index >= 15 is 0 Å². The lowest BCUT2D eigenvalue weighted by atomic mass is 10.0. The second-order valence-electron chi connectivity index (χ2n) is 6.18. The van der Waals surface area contributed by atoms with Crippen molar-refractivity contribution < 1.29 is 4.39 Å². The van der Waals surface area contributed by atoms with Crippen LogP contribution >= 0.6 is 24.0 Å². The first-order valence-electron chi connectivity index (χ1n) is 8.42. The molecule has 0 radical (unpaired) electrons. The van der Waals surface area contributed by atoms with Gasteiger partial charge in [0, 0.05) is 38.8 Å². The minimum absolute atomic E-state index is 0. The van der Waals surface area contributed by atoms with Gasteiger partial charge >= 0.3 is 0 Å². The number of benzene rings is 1. The molecule has 25 heavy (non-hydrogen) atoms. The van der Waals surface area contributed by atoms with Gasteiger partial charge in [-0.3, -0.25) is 4.68 Å². The van der Waals surface area contributed by atoms with Crippen LogP contribution in [0.25, 0.3) is 0 Å². The zero-order valence-electron chi connectivity index (χ0n) is 14.7. The van der Waals surface area contributed by atoms with Crippen molar-refractivity contribution in [1.82, 2.24) is 20.0 Å². The third-order valence-corrected chi connectivity index (χ3v) is 4.32. The maximum Gasteiger partial charge on any atom is 0.194 e. The molecular formula is C18H25FIN5. The van der Waals surface area contributed by atoms with E-state index < -0.39 is 0 Å². The SMILES string of the molecule is CCNC(=NCc1cccc(F)c1)N1CCC(c2cnn(C)c2)C1.I. The van der Waals surface area contributed by atoms with Gasteiger partial charge in [-0.1, -0.05) is 12.1 Å². The summed E-state index contributed by atoms with van der Waals surface area (Å²) in [5.41, 5.74) is 2.16. The number of halogens is 2. The van der Waals surface area contributed by atoms with Crippen molar-refractivity contribution in [1.29, 1.82) is 0 Å². The number of nitrogens with zero attached hydrogens (tertiary/aromatic N) is 4. The lowest BCUT2D eigenvalue weighted by molar-refractivity contribution is 0.486. The van der Waals surface area contributed by atoms with Crippen LogP contribution in [0.1, 0.15) is 30.4 Å². The molecule has 136 valence electrons. The van der Waals surface area contributed by atoms with Gasteiger partial charge in [-0.2, -0.15) is 5.10 Å². The molecule has 1 unspecified atom stereocenters. The summed E-state index contributed by atoms with van der Waals surface area (Å²) in [6.07, 6.45) is 5.13. The predicted molar refractivity (Wildman–Crippen MR) is 109 cm³/mol. The van der Waals surface area contributed by atoms with Crippen LogP contribution in [0.4, 0.5) is 4.39 Å². The fourth-order valence-corrected chi connectivity index (χ4v) is 3.10. The Bertz CT molecular complexity index is 715. The van der Waals surface area contributed by atoms with Crippen LogP contribution in [0.3, 0.4) is 0 Å². The van der Waals surface area contributed by atoms with Crippen LogP contribution in [-0.2, 0) is 13.6 Å². The highest BCUT2D eigenvalue weighted by molar-refractivity contribution is 14.0. The Labute approximate surface area is 165 Å². The number of hydrogen-bond acceptors (Lipinski definition) is 2. The molecule has 0 bridgehead atoms. The first-order valence-corrected chi connectivity index (χ1v) is 8.42. The quantitative estimate of drug-likeness (QED) is 0.436. The molecule has 2 aromatic rings. The number of likely N-dealkylation sites (tertiary alicyclic amines) is 1. The lowest BCUT2D eigenvalue weighted by Gasteiger charge is -2.21. The smallest absolute Gasteiger partial charge is 0.194 e. The van der Waals surface area contributed by atoms with Gasteiger partial charge in [0.05, 0.1) is 12.7 Å². The third kappa shape index (κ3) is 5.17. The minimum atomic E-state index is -0.217. The first kappa shape index (κ1) is 19.7. The van der Waals surface area contributed by atoms with Gasteiger partial charge < -0.3 is 10.2 Å². The van der Waals surface area contributed by atoms with Crippen LogP contribution in [0.15, 0.2) is 41.7 Å². The molecule has 1 fully saturated rings. The highest BCUT2D eigenvalue weighted by Gasteiger charge is 2.26. The Hall–Kier alpha value is -1.64. The molecule has 0 amide bonds. The van der Waals surface area contributed by atoms with Crippen molar-refractivity contribution in [3.05, 3.63) is 53.6 Å². The zero-order chi connectivity index (χ0) is 16.9. The van der Waals surface area contributed by atoms with E-state index in [4.69, 9.17) is 0 Å². The van der Waals surface area contributed by atoms with Gasteiger partial charge in [0.2, 0.25) is 0 Å². The molecule has 1 N–H and O–H groups in total. The summed E-state index contributed by atoms with van der Waals surface area (Å²) in [7, 11) is 1.95. The van der Waals surface area contributed by atoms with Crippen LogP contribution in [0.2, 0.25) is 0 Å². The molecule has 1 saturated heterocycles. The Balaban J connectivity index is 0.00000225. The normalized spacial score (nSPS) is 17.5. The van der Waals surface area contributed by atoms with Crippen molar-refractivity contribution >= 4 is 29.9 Å². The van der Waals surface area contributed by atoms with Crippen molar-refractivity contribution in [2.75, 3.05) is 19.6 Å². The summed E-state index contributed by atoms with van der Waals surface area (Å²) in [4.78, 5) is 6.96. The van der Waals surface area contributed by atoms with Gasteiger partial charge in [-0.25, -0.2) is 9.38 Å². The number of nitrogens with one attached hydrogen (secondary N) is 1. The monoisotopic (exact) mass is 457 g/mol. The van der Waals surface area contributed by atoms with Crippen molar-refractivity contribution in [3.63, 3.8) is 0 Å². The number of aromatic nitrogens is 2. The number of aliphatic imine (C=N–C) groups is 1. The van der Waals surface area contributed by atoms with Crippen molar-refractivity contribution in [3.8, 4) is 0 Å². The fourth-order valence-electron chi connectivity index (χ4n) is 3.10.